The summed E-state index contributed by atoms with van der Waals surface area (Å²) in [6.07, 6.45) is 3.31. The number of rotatable bonds is 4. The molecule has 0 aromatic heterocycles. The molecule has 0 saturated carbocycles. The minimum atomic E-state index is -0.125. The van der Waals surface area contributed by atoms with E-state index in [2.05, 4.69) is 22.1 Å². The molecule has 1 aromatic rings. The van der Waals surface area contributed by atoms with E-state index in [1.54, 1.807) is 6.08 Å². The van der Waals surface area contributed by atoms with Crippen molar-refractivity contribution < 1.29 is 9.53 Å². The predicted octanol–water partition coefficient (Wildman–Crippen LogP) is 1.15. The average Bonchev–Trinajstić information content (AvgIpc) is 2.54. The maximum atomic E-state index is 11.6. The second-order valence-corrected chi connectivity index (χ2v) is 4.70. The molecule has 1 N–H and O–H groups in total. The van der Waals surface area contributed by atoms with Gasteiger partial charge in [-0.1, -0.05) is 42.2 Å². The van der Waals surface area contributed by atoms with Gasteiger partial charge in [0, 0.05) is 19.2 Å². The van der Waals surface area contributed by atoms with E-state index >= 15 is 0 Å². The standard InChI is InChI=1S/C17H20N2O2/c20-17(9-8-16-6-2-1-3-7-16)18-10-4-5-11-19-12-14-21-15-13-19/h1-3,6-9H,10-15H2,(H,18,20). The Morgan fingerprint density at radius 2 is 2.00 bits per heavy atom. The number of morpholine rings is 1. The lowest BCUT2D eigenvalue weighted by atomic mass is 10.2. The summed E-state index contributed by atoms with van der Waals surface area (Å²) in [5.41, 5.74) is 1.01. The van der Waals surface area contributed by atoms with Crippen molar-refractivity contribution >= 4 is 12.0 Å². The number of carbonyl (C=O) groups is 1. The van der Waals surface area contributed by atoms with Crippen LogP contribution in [-0.4, -0.2) is 50.2 Å². The topological polar surface area (TPSA) is 41.6 Å². The van der Waals surface area contributed by atoms with E-state index in [-0.39, 0.29) is 5.91 Å². The predicted molar refractivity (Wildman–Crippen MR) is 83.5 cm³/mol. The van der Waals surface area contributed by atoms with Crippen LogP contribution in [0.3, 0.4) is 0 Å². The van der Waals surface area contributed by atoms with Gasteiger partial charge in [-0.2, -0.15) is 0 Å². The van der Waals surface area contributed by atoms with Crippen molar-refractivity contribution in [3.05, 3.63) is 42.0 Å². The number of benzene rings is 1. The summed E-state index contributed by atoms with van der Waals surface area (Å²) in [5.74, 6) is 5.90. The highest BCUT2D eigenvalue weighted by Gasteiger charge is 2.07. The third-order valence-corrected chi connectivity index (χ3v) is 3.11. The normalized spacial score (nSPS) is 15.4. The van der Waals surface area contributed by atoms with E-state index in [0.717, 1.165) is 38.4 Å². The first-order chi connectivity index (χ1) is 10.3. The minimum Gasteiger partial charge on any atom is -0.379 e. The van der Waals surface area contributed by atoms with Gasteiger partial charge in [0.2, 0.25) is 5.91 Å². The van der Waals surface area contributed by atoms with E-state index in [9.17, 15) is 4.79 Å². The fourth-order valence-corrected chi connectivity index (χ4v) is 1.92. The second kappa shape index (κ2) is 8.96. The highest BCUT2D eigenvalue weighted by Crippen LogP contribution is 2.00. The first-order valence-corrected chi connectivity index (χ1v) is 7.11. The van der Waals surface area contributed by atoms with Gasteiger partial charge in [-0.3, -0.25) is 9.69 Å². The van der Waals surface area contributed by atoms with E-state index < -0.39 is 0 Å². The summed E-state index contributed by atoms with van der Waals surface area (Å²) < 4.78 is 5.27. The number of hydrogen-bond acceptors (Lipinski definition) is 3. The Morgan fingerprint density at radius 3 is 2.76 bits per heavy atom. The molecule has 0 unspecified atom stereocenters. The van der Waals surface area contributed by atoms with Crippen molar-refractivity contribution in [2.75, 3.05) is 39.4 Å². The van der Waals surface area contributed by atoms with Gasteiger partial charge in [0.25, 0.3) is 0 Å². The molecule has 1 aromatic carbocycles. The lowest BCUT2D eigenvalue weighted by Crippen LogP contribution is -2.36. The smallest absolute Gasteiger partial charge is 0.244 e. The first kappa shape index (κ1) is 15.3. The molecule has 4 nitrogen and oxygen atoms in total. The molecule has 21 heavy (non-hydrogen) atoms. The van der Waals surface area contributed by atoms with Crippen LogP contribution in [-0.2, 0) is 9.53 Å². The van der Waals surface area contributed by atoms with Crippen molar-refractivity contribution in [2.45, 2.75) is 0 Å². The molecule has 1 saturated heterocycles. The molecule has 1 heterocycles. The van der Waals surface area contributed by atoms with Crippen LogP contribution in [0.5, 0.6) is 0 Å². The number of hydrogen-bond donors (Lipinski definition) is 1. The first-order valence-electron chi connectivity index (χ1n) is 7.11. The van der Waals surface area contributed by atoms with Crippen LogP contribution in [0.4, 0.5) is 0 Å². The van der Waals surface area contributed by atoms with Crippen molar-refractivity contribution in [1.82, 2.24) is 10.2 Å². The van der Waals surface area contributed by atoms with Gasteiger partial charge in [-0.25, -0.2) is 0 Å². The van der Waals surface area contributed by atoms with Crippen molar-refractivity contribution in [3.8, 4) is 11.8 Å². The Balaban J connectivity index is 1.64. The van der Waals surface area contributed by atoms with Crippen LogP contribution in [0.15, 0.2) is 36.4 Å². The van der Waals surface area contributed by atoms with Gasteiger partial charge >= 0.3 is 0 Å². The summed E-state index contributed by atoms with van der Waals surface area (Å²) in [6, 6.07) is 9.72. The van der Waals surface area contributed by atoms with E-state index in [0.29, 0.717) is 6.54 Å². The monoisotopic (exact) mass is 284 g/mol. The molecule has 0 radical (unpaired) electrons. The molecule has 0 bridgehead atoms. The number of nitrogens with one attached hydrogen (secondary N) is 1. The zero-order chi connectivity index (χ0) is 14.8. The fourth-order valence-electron chi connectivity index (χ4n) is 1.92. The number of amides is 1. The largest absolute Gasteiger partial charge is 0.379 e. The molecule has 110 valence electrons. The molecule has 0 atom stereocenters. The summed E-state index contributed by atoms with van der Waals surface area (Å²) >= 11 is 0. The van der Waals surface area contributed by atoms with Crippen LogP contribution in [0.1, 0.15) is 5.56 Å². The van der Waals surface area contributed by atoms with Gasteiger partial charge in [0.05, 0.1) is 26.3 Å². The number of nitrogens with zero attached hydrogens (tertiary/aromatic N) is 1. The van der Waals surface area contributed by atoms with E-state index in [1.165, 1.54) is 6.08 Å². The van der Waals surface area contributed by atoms with Crippen molar-refractivity contribution in [3.63, 3.8) is 0 Å². The molecule has 1 fully saturated rings. The quantitative estimate of drug-likeness (QED) is 0.666. The van der Waals surface area contributed by atoms with Gasteiger partial charge < -0.3 is 10.1 Å². The van der Waals surface area contributed by atoms with Gasteiger partial charge in [-0.15, -0.1) is 0 Å². The number of ether oxygens (including phenoxy) is 1. The summed E-state index contributed by atoms with van der Waals surface area (Å²) in [5, 5.41) is 2.75. The Kier molecular flexibility index (Phi) is 6.53. The van der Waals surface area contributed by atoms with Gasteiger partial charge in [-0.05, 0) is 11.6 Å². The fraction of sp³-hybridized carbons (Fsp3) is 0.353. The molecule has 1 aliphatic heterocycles. The minimum absolute atomic E-state index is 0.125. The third kappa shape index (κ3) is 6.26. The summed E-state index contributed by atoms with van der Waals surface area (Å²) in [7, 11) is 0. The maximum Gasteiger partial charge on any atom is 0.244 e. The van der Waals surface area contributed by atoms with Crippen LogP contribution in [0, 0.1) is 11.8 Å². The van der Waals surface area contributed by atoms with Crippen LogP contribution in [0.2, 0.25) is 0 Å². The van der Waals surface area contributed by atoms with Crippen LogP contribution < -0.4 is 5.32 Å². The zero-order valence-corrected chi connectivity index (χ0v) is 12.0. The van der Waals surface area contributed by atoms with Gasteiger partial charge in [0.1, 0.15) is 0 Å². The zero-order valence-electron chi connectivity index (χ0n) is 12.0. The number of carbonyl (C=O) groups excluding carboxylic acids is 1. The molecular weight excluding hydrogens is 264 g/mol. The molecule has 0 spiro atoms. The Labute approximate surface area is 125 Å². The Hall–Kier alpha value is -2.09. The second-order valence-electron chi connectivity index (χ2n) is 4.70. The van der Waals surface area contributed by atoms with Crippen molar-refractivity contribution in [2.24, 2.45) is 0 Å². The highest BCUT2D eigenvalue weighted by atomic mass is 16.5. The lowest BCUT2D eigenvalue weighted by molar-refractivity contribution is -0.116. The van der Waals surface area contributed by atoms with Crippen LogP contribution >= 0.6 is 0 Å². The Morgan fingerprint density at radius 1 is 1.24 bits per heavy atom. The molecule has 1 aliphatic rings. The molecule has 4 heteroatoms. The van der Waals surface area contributed by atoms with Crippen molar-refractivity contribution in [1.29, 1.82) is 0 Å². The Bertz CT molecular complexity index is 523. The van der Waals surface area contributed by atoms with Crippen LogP contribution in [0.25, 0.3) is 6.08 Å². The maximum absolute atomic E-state index is 11.6. The molecule has 1 amide bonds. The van der Waals surface area contributed by atoms with E-state index in [4.69, 9.17) is 4.74 Å². The average molecular weight is 284 g/mol. The third-order valence-electron chi connectivity index (χ3n) is 3.11. The SMILES string of the molecule is O=C(C=Cc1ccccc1)NCC#CCN1CCOCC1. The summed E-state index contributed by atoms with van der Waals surface area (Å²) in [6.45, 7) is 4.54. The molecule has 0 aliphatic carbocycles. The highest BCUT2D eigenvalue weighted by molar-refractivity contribution is 5.91. The summed E-state index contributed by atoms with van der Waals surface area (Å²) in [4.78, 5) is 13.8. The van der Waals surface area contributed by atoms with Gasteiger partial charge in [0.15, 0.2) is 0 Å². The lowest BCUT2D eigenvalue weighted by Gasteiger charge is -2.24. The molecular formula is C17H20N2O2. The molecule has 2 rings (SSSR count). The van der Waals surface area contributed by atoms with E-state index in [1.807, 2.05) is 30.3 Å².